The highest BCUT2D eigenvalue weighted by Gasteiger charge is 2.03. The second-order valence-corrected chi connectivity index (χ2v) is 5.33. The zero-order valence-electron chi connectivity index (χ0n) is 10.4. The first kappa shape index (κ1) is 18.5. The first-order chi connectivity index (χ1) is 9.41. The van der Waals surface area contributed by atoms with E-state index in [2.05, 4.69) is 76.0 Å². The van der Waals surface area contributed by atoms with E-state index in [1.807, 2.05) is 0 Å². The van der Waals surface area contributed by atoms with Crippen molar-refractivity contribution in [2.24, 2.45) is 0 Å². The van der Waals surface area contributed by atoms with E-state index in [-0.39, 0.29) is 26.2 Å². The summed E-state index contributed by atoms with van der Waals surface area (Å²) in [7, 11) is 0. The molecule has 0 aromatic carbocycles. The van der Waals surface area contributed by atoms with Crippen LogP contribution in [0.1, 0.15) is 6.42 Å². The standard InChI is InChI=1S/C12H12Br2O6/c1-9(13)7-19-11(15)17-5-3-4-6-18-12(16)20-8-10(2)14/h1-3,5,7-8H2. The van der Waals surface area contributed by atoms with E-state index >= 15 is 0 Å². The molecule has 0 radical (unpaired) electrons. The van der Waals surface area contributed by atoms with Gasteiger partial charge in [0, 0.05) is 15.4 Å². The molecular formula is C12H12Br2O6. The first-order valence-corrected chi connectivity index (χ1v) is 6.78. The maximum Gasteiger partial charge on any atom is 0.523 e. The summed E-state index contributed by atoms with van der Waals surface area (Å²) in [6, 6.07) is 0. The Bertz CT molecular complexity index is 435. The number of hydrogen-bond acceptors (Lipinski definition) is 6. The van der Waals surface area contributed by atoms with Gasteiger partial charge in [0.1, 0.15) is 25.9 Å². The third-order valence-electron chi connectivity index (χ3n) is 1.35. The van der Waals surface area contributed by atoms with Gasteiger partial charge in [0.05, 0.1) is 0 Å². The summed E-state index contributed by atoms with van der Waals surface area (Å²) in [6.07, 6.45) is 0.527. The fourth-order valence-electron chi connectivity index (χ4n) is 0.660. The molecule has 0 rings (SSSR count). The van der Waals surface area contributed by atoms with Crippen molar-refractivity contribution in [2.45, 2.75) is 6.42 Å². The highest BCUT2D eigenvalue weighted by Crippen LogP contribution is 2.02. The van der Waals surface area contributed by atoms with Crippen molar-refractivity contribution in [3.8, 4) is 12.0 Å². The summed E-state index contributed by atoms with van der Waals surface area (Å²) in [5.74, 6) is 2.46. The van der Waals surface area contributed by atoms with Crippen LogP contribution < -0.4 is 0 Å². The Labute approximate surface area is 133 Å². The van der Waals surface area contributed by atoms with Crippen LogP contribution in [0.5, 0.6) is 0 Å². The number of hydrogen-bond donors (Lipinski definition) is 0. The third-order valence-corrected chi connectivity index (χ3v) is 1.80. The van der Waals surface area contributed by atoms with Crippen molar-refractivity contribution in [3.63, 3.8) is 0 Å². The molecule has 0 fully saturated rings. The van der Waals surface area contributed by atoms with Crippen LogP contribution in [0.3, 0.4) is 0 Å². The average molecular weight is 412 g/mol. The van der Waals surface area contributed by atoms with E-state index in [1.165, 1.54) is 0 Å². The van der Waals surface area contributed by atoms with Crippen LogP contribution in [-0.2, 0) is 18.9 Å². The number of rotatable bonds is 6. The summed E-state index contributed by atoms with van der Waals surface area (Å²) in [6.45, 7) is 6.98. The largest absolute Gasteiger partial charge is 0.523 e. The number of ether oxygens (including phenoxy) is 4. The Morgan fingerprint density at radius 1 is 0.950 bits per heavy atom. The lowest BCUT2D eigenvalue weighted by Crippen LogP contribution is -2.09. The van der Waals surface area contributed by atoms with Crippen molar-refractivity contribution in [3.05, 3.63) is 22.1 Å². The first-order valence-electron chi connectivity index (χ1n) is 5.19. The molecule has 0 aromatic rings. The van der Waals surface area contributed by atoms with E-state index in [0.717, 1.165) is 0 Å². The maximum absolute atomic E-state index is 11.0. The van der Waals surface area contributed by atoms with Crippen LogP contribution in [-0.4, -0.2) is 32.1 Å². The second-order valence-electron chi connectivity index (χ2n) is 3.09. The SMILES string of the molecule is C=C(Br)COC(=O)OC#CCCOC(=O)OCC(=C)Br. The molecule has 0 aromatic heterocycles. The van der Waals surface area contributed by atoms with Crippen LogP contribution >= 0.6 is 31.9 Å². The molecule has 0 atom stereocenters. The Morgan fingerprint density at radius 3 is 2.05 bits per heavy atom. The molecule has 0 heterocycles. The van der Waals surface area contributed by atoms with Crippen LogP contribution in [0.15, 0.2) is 22.1 Å². The van der Waals surface area contributed by atoms with Crippen molar-refractivity contribution >= 4 is 44.2 Å². The monoisotopic (exact) mass is 410 g/mol. The molecule has 0 aliphatic rings. The molecule has 0 unspecified atom stereocenters. The minimum Gasteiger partial charge on any atom is -0.433 e. The van der Waals surface area contributed by atoms with Crippen LogP contribution in [0.25, 0.3) is 0 Å². The molecule has 0 aliphatic heterocycles. The highest BCUT2D eigenvalue weighted by atomic mass is 79.9. The van der Waals surface area contributed by atoms with Crippen molar-refractivity contribution < 1.29 is 28.5 Å². The van der Waals surface area contributed by atoms with Gasteiger partial charge in [0.25, 0.3) is 0 Å². The number of carbonyl (C=O) groups excluding carboxylic acids is 2. The van der Waals surface area contributed by atoms with Gasteiger partial charge in [-0.15, -0.1) is 0 Å². The predicted molar refractivity (Wildman–Crippen MR) is 78.3 cm³/mol. The summed E-state index contributed by atoms with van der Waals surface area (Å²) >= 11 is 6.03. The highest BCUT2D eigenvalue weighted by molar-refractivity contribution is 9.12. The Kier molecular flexibility index (Phi) is 10.5. The number of carbonyl (C=O) groups is 2. The molecule has 0 saturated heterocycles. The molecule has 8 heteroatoms. The van der Waals surface area contributed by atoms with Crippen LogP contribution in [0.4, 0.5) is 9.59 Å². The molecule has 0 N–H and O–H groups in total. The van der Waals surface area contributed by atoms with Gasteiger partial charge in [-0.1, -0.05) is 50.9 Å². The molecule has 20 heavy (non-hydrogen) atoms. The fraction of sp³-hybridized carbons (Fsp3) is 0.333. The van der Waals surface area contributed by atoms with E-state index < -0.39 is 12.3 Å². The van der Waals surface area contributed by atoms with Gasteiger partial charge in [0.15, 0.2) is 0 Å². The third kappa shape index (κ3) is 13.0. The molecule has 0 amide bonds. The van der Waals surface area contributed by atoms with E-state index in [1.54, 1.807) is 0 Å². The Morgan fingerprint density at radius 2 is 1.50 bits per heavy atom. The van der Waals surface area contributed by atoms with Gasteiger partial charge in [-0.2, -0.15) is 0 Å². The summed E-state index contributed by atoms with van der Waals surface area (Å²) < 4.78 is 19.3. The van der Waals surface area contributed by atoms with Crippen molar-refractivity contribution in [1.29, 1.82) is 0 Å². The fourth-order valence-corrected chi connectivity index (χ4v) is 0.889. The van der Waals surface area contributed by atoms with Crippen LogP contribution in [0, 0.1) is 12.0 Å². The quantitative estimate of drug-likeness (QED) is 0.378. The Hall–Kier alpha value is -1.46. The van der Waals surface area contributed by atoms with Crippen LogP contribution in [0.2, 0.25) is 0 Å². The van der Waals surface area contributed by atoms with Gasteiger partial charge in [0.2, 0.25) is 0 Å². The van der Waals surface area contributed by atoms with Gasteiger partial charge in [-0.3, -0.25) is 0 Å². The summed E-state index contributed by atoms with van der Waals surface area (Å²) in [5, 5.41) is 0. The van der Waals surface area contributed by atoms with Gasteiger partial charge < -0.3 is 18.9 Å². The van der Waals surface area contributed by atoms with Gasteiger partial charge >= 0.3 is 12.3 Å². The molecular weight excluding hydrogens is 400 g/mol. The zero-order chi connectivity index (χ0) is 15.4. The number of halogens is 2. The lowest BCUT2D eigenvalue weighted by atomic mass is 10.5. The van der Waals surface area contributed by atoms with Gasteiger partial charge in [-0.05, 0) is 0 Å². The smallest absolute Gasteiger partial charge is 0.433 e. The van der Waals surface area contributed by atoms with Crippen molar-refractivity contribution in [2.75, 3.05) is 19.8 Å². The summed E-state index contributed by atoms with van der Waals surface area (Å²) in [4.78, 5) is 21.9. The van der Waals surface area contributed by atoms with Crippen molar-refractivity contribution in [1.82, 2.24) is 0 Å². The second kappa shape index (κ2) is 11.4. The molecule has 0 aliphatic carbocycles. The topological polar surface area (TPSA) is 71.1 Å². The molecule has 6 nitrogen and oxygen atoms in total. The maximum atomic E-state index is 11.0. The molecule has 0 spiro atoms. The van der Waals surface area contributed by atoms with Gasteiger partial charge in [-0.25, -0.2) is 9.59 Å². The lowest BCUT2D eigenvalue weighted by molar-refractivity contribution is 0.0644. The minimum atomic E-state index is -0.936. The normalized spacial score (nSPS) is 8.70. The summed E-state index contributed by atoms with van der Waals surface area (Å²) in [5.41, 5.74) is 0. The Balaban J connectivity index is 3.63. The van der Waals surface area contributed by atoms with E-state index in [0.29, 0.717) is 8.96 Å². The van der Waals surface area contributed by atoms with E-state index in [4.69, 9.17) is 0 Å². The molecule has 0 saturated carbocycles. The zero-order valence-corrected chi connectivity index (χ0v) is 13.6. The lowest BCUT2D eigenvalue weighted by Gasteiger charge is -2.03. The minimum absolute atomic E-state index is 0.00563. The van der Waals surface area contributed by atoms with E-state index in [9.17, 15) is 9.59 Å². The predicted octanol–water partition coefficient (Wildman–Crippen LogP) is 3.46. The average Bonchev–Trinajstić information content (AvgIpc) is 2.37. The molecule has 0 bridgehead atoms. The molecule has 110 valence electrons.